The second-order valence-electron chi connectivity index (χ2n) is 5.27. The molecule has 20 heavy (non-hydrogen) atoms. The lowest BCUT2D eigenvalue weighted by Crippen LogP contribution is -2.35. The van der Waals surface area contributed by atoms with E-state index in [0.717, 1.165) is 25.7 Å². The maximum atomic E-state index is 12.2. The Hall–Kier alpha value is -0.700. The van der Waals surface area contributed by atoms with E-state index in [-0.39, 0.29) is 27.5 Å². The van der Waals surface area contributed by atoms with Gasteiger partial charge in [0, 0.05) is 18.8 Å². The van der Waals surface area contributed by atoms with E-state index in [2.05, 4.69) is 9.71 Å². The van der Waals surface area contributed by atoms with Gasteiger partial charge in [0.25, 0.3) is 10.0 Å². The summed E-state index contributed by atoms with van der Waals surface area (Å²) in [6.07, 6.45) is 4.03. The van der Waals surface area contributed by atoms with Crippen LogP contribution in [0.1, 0.15) is 31.4 Å². The summed E-state index contributed by atoms with van der Waals surface area (Å²) in [5.74, 6) is 0.331. The summed E-state index contributed by atoms with van der Waals surface area (Å²) in [7, 11) is -3.65. The number of rotatable bonds is 5. The van der Waals surface area contributed by atoms with Crippen molar-refractivity contribution in [1.29, 1.82) is 0 Å². The lowest BCUT2D eigenvalue weighted by molar-refractivity contribution is 0.136. The average molecular weight is 320 g/mol. The molecule has 2 unspecified atom stereocenters. The predicted molar refractivity (Wildman–Crippen MR) is 77.4 cm³/mol. The molecular formula is C12H20N2O4S2. The van der Waals surface area contributed by atoms with Gasteiger partial charge in [0.15, 0.2) is 4.21 Å². The van der Waals surface area contributed by atoms with Crippen molar-refractivity contribution in [1.82, 2.24) is 9.71 Å². The van der Waals surface area contributed by atoms with Crippen LogP contribution in [0.15, 0.2) is 9.00 Å². The Kier molecular flexibility index (Phi) is 5.00. The van der Waals surface area contributed by atoms with Gasteiger partial charge in [0.1, 0.15) is 0 Å². The molecule has 0 bridgehead atoms. The lowest BCUT2D eigenvalue weighted by atomic mass is 9.80. The molecule has 2 atom stereocenters. The number of nitrogens with one attached hydrogen (secondary N) is 2. The summed E-state index contributed by atoms with van der Waals surface area (Å²) in [6, 6.07) is 0. The van der Waals surface area contributed by atoms with Crippen molar-refractivity contribution in [3.8, 4) is 0 Å². The first-order valence-electron chi connectivity index (χ1n) is 6.74. The normalized spacial score (nSPS) is 23.9. The monoisotopic (exact) mass is 320 g/mol. The van der Waals surface area contributed by atoms with Crippen LogP contribution in [0.4, 0.5) is 0 Å². The number of H-pyrrole nitrogens is 1. The molecule has 1 saturated carbocycles. The van der Waals surface area contributed by atoms with Gasteiger partial charge in [-0.2, -0.15) is 0 Å². The molecule has 0 aromatic carbocycles. The van der Waals surface area contributed by atoms with Crippen molar-refractivity contribution in [2.24, 2.45) is 11.8 Å². The number of aromatic nitrogens is 1. The molecule has 1 aromatic heterocycles. The Bertz CT molecular complexity index is 605. The molecule has 0 aliphatic heterocycles. The van der Waals surface area contributed by atoms with E-state index in [1.54, 1.807) is 6.92 Å². The molecule has 0 saturated heterocycles. The number of hydrogen-bond acceptors (Lipinski definition) is 5. The molecule has 3 N–H and O–H groups in total. The van der Waals surface area contributed by atoms with Crippen LogP contribution < -0.4 is 9.60 Å². The lowest BCUT2D eigenvalue weighted by Gasteiger charge is -2.30. The van der Waals surface area contributed by atoms with Crippen molar-refractivity contribution < 1.29 is 13.5 Å². The van der Waals surface area contributed by atoms with Gasteiger partial charge < -0.3 is 10.1 Å². The van der Waals surface area contributed by atoms with Crippen LogP contribution in [0.3, 0.4) is 0 Å². The average Bonchev–Trinajstić information content (AvgIpc) is 2.76. The summed E-state index contributed by atoms with van der Waals surface area (Å²) < 4.78 is 27.0. The maximum Gasteiger partial charge on any atom is 0.305 e. The molecule has 1 heterocycles. The fraction of sp³-hybridized carbons (Fsp3) is 0.750. The molecule has 8 heteroatoms. The molecule has 2 rings (SSSR count). The molecule has 1 aliphatic rings. The largest absolute Gasteiger partial charge is 0.396 e. The van der Waals surface area contributed by atoms with Crippen LogP contribution in [-0.2, 0) is 10.0 Å². The topological polar surface area (TPSA) is 99.3 Å². The van der Waals surface area contributed by atoms with Gasteiger partial charge in [-0.25, -0.2) is 13.1 Å². The second-order valence-corrected chi connectivity index (χ2v) is 8.21. The van der Waals surface area contributed by atoms with E-state index in [1.807, 2.05) is 0 Å². The number of hydrogen-bond donors (Lipinski definition) is 3. The molecule has 1 aliphatic carbocycles. The minimum absolute atomic E-state index is 0.0545. The van der Waals surface area contributed by atoms with Crippen LogP contribution in [-0.4, -0.2) is 31.7 Å². The molecule has 6 nitrogen and oxygen atoms in total. The maximum absolute atomic E-state index is 12.2. The fourth-order valence-corrected chi connectivity index (χ4v) is 5.16. The van der Waals surface area contributed by atoms with Gasteiger partial charge in [-0.1, -0.05) is 24.2 Å². The first kappa shape index (κ1) is 15.7. The van der Waals surface area contributed by atoms with Gasteiger partial charge in [0.2, 0.25) is 0 Å². The number of aliphatic hydroxyl groups is 1. The Labute approximate surface area is 122 Å². The third-order valence-electron chi connectivity index (χ3n) is 3.86. The summed E-state index contributed by atoms with van der Waals surface area (Å²) in [5, 5.41) is 9.33. The summed E-state index contributed by atoms with van der Waals surface area (Å²) in [6.45, 7) is 1.99. The standard InChI is InChI=1S/C12H20N2O4S2/c1-8-11(19-12(16)14-8)20(17,18)13-6-9-4-2-3-5-10(9)7-15/h9-10,13,15H,2-7H2,1H3,(H,14,16). The van der Waals surface area contributed by atoms with Crippen molar-refractivity contribution >= 4 is 21.4 Å². The number of aryl methyl sites for hydroxylation is 1. The summed E-state index contributed by atoms with van der Waals surface area (Å²) in [4.78, 5) is 13.3. The Morgan fingerprint density at radius 1 is 1.35 bits per heavy atom. The molecule has 0 amide bonds. The molecule has 0 spiro atoms. The molecule has 0 radical (unpaired) electrons. The number of aliphatic hydroxyl groups excluding tert-OH is 1. The van der Waals surface area contributed by atoms with Crippen LogP contribution in [0, 0.1) is 18.8 Å². The highest BCUT2D eigenvalue weighted by Gasteiger charge is 2.27. The highest BCUT2D eigenvalue weighted by molar-refractivity contribution is 7.91. The van der Waals surface area contributed by atoms with E-state index < -0.39 is 10.0 Å². The number of thiazole rings is 1. The summed E-state index contributed by atoms with van der Waals surface area (Å²) >= 11 is 0.704. The van der Waals surface area contributed by atoms with Crippen molar-refractivity contribution in [3.63, 3.8) is 0 Å². The van der Waals surface area contributed by atoms with E-state index in [0.29, 0.717) is 23.6 Å². The highest BCUT2D eigenvalue weighted by Crippen LogP contribution is 2.29. The van der Waals surface area contributed by atoms with E-state index >= 15 is 0 Å². The molecule has 114 valence electrons. The van der Waals surface area contributed by atoms with Gasteiger partial charge >= 0.3 is 4.87 Å². The van der Waals surface area contributed by atoms with Crippen LogP contribution in [0.25, 0.3) is 0 Å². The zero-order valence-electron chi connectivity index (χ0n) is 11.4. The third-order valence-corrected chi connectivity index (χ3v) is 6.89. The van der Waals surface area contributed by atoms with Gasteiger partial charge in [-0.05, 0) is 31.6 Å². The zero-order chi connectivity index (χ0) is 14.8. The van der Waals surface area contributed by atoms with Crippen LogP contribution >= 0.6 is 11.3 Å². The van der Waals surface area contributed by atoms with E-state index in [4.69, 9.17) is 0 Å². The Balaban J connectivity index is 2.05. The van der Waals surface area contributed by atoms with Crippen molar-refractivity contribution in [2.45, 2.75) is 36.8 Å². The van der Waals surface area contributed by atoms with Crippen molar-refractivity contribution in [2.75, 3.05) is 13.2 Å². The quantitative estimate of drug-likeness (QED) is 0.748. The SMILES string of the molecule is Cc1[nH]c(=O)sc1S(=O)(=O)NCC1CCCCC1CO. The second kappa shape index (κ2) is 6.38. The minimum atomic E-state index is -3.65. The number of sulfonamides is 1. The number of aromatic amines is 1. The molecule has 1 aromatic rings. The van der Waals surface area contributed by atoms with Gasteiger partial charge in [0.05, 0.1) is 0 Å². The van der Waals surface area contributed by atoms with E-state index in [9.17, 15) is 18.3 Å². The van der Waals surface area contributed by atoms with Crippen molar-refractivity contribution in [3.05, 3.63) is 15.4 Å². The van der Waals surface area contributed by atoms with Gasteiger partial charge in [-0.3, -0.25) is 4.79 Å². The minimum Gasteiger partial charge on any atom is -0.396 e. The Morgan fingerprint density at radius 2 is 2.00 bits per heavy atom. The Morgan fingerprint density at radius 3 is 2.55 bits per heavy atom. The summed E-state index contributed by atoms with van der Waals surface area (Å²) in [5.41, 5.74) is 0.370. The highest BCUT2D eigenvalue weighted by atomic mass is 32.2. The zero-order valence-corrected chi connectivity index (χ0v) is 13.0. The first-order valence-corrected chi connectivity index (χ1v) is 9.04. The molecule has 1 fully saturated rings. The smallest absolute Gasteiger partial charge is 0.305 e. The predicted octanol–water partition coefficient (Wildman–Crippen LogP) is 0.822. The fourth-order valence-electron chi connectivity index (χ4n) is 2.72. The van der Waals surface area contributed by atoms with E-state index in [1.165, 1.54) is 0 Å². The van der Waals surface area contributed by atoms with Crippen LogP contribution in [0.5, 0.6) is 0 Å². The van der Waals surface area contributed by atoms with Gasteiger partial charge in [-0.15, -0.1) is 0 Å². The molecular weight excluding hydrogens is 300 g/mol. The third kappa shape index (κ3) is 3.49. The van der Waals surface area contributed by atoms with Crippen LogP contribution in [0.2, 0.25) is 0 Å². The first-order chi connectivity index (χ1) is 9.44.